The van der Waals surface area contributed by atoms with Crippen LogP contribution >= 0.6 is 23.4 Å². The summed E-state index contributed by atoms with van der Waals surface area (Å²) in [5, 5.41) is 6.38. The topological polar surface area (TPSA) is 50.5 Å². The molecule has 3 heterocycles. The van der Waals surface area contributed by atoms with Gasteiger partial charge in [0.2, 0.25) is 5.91 Å². The molecule has 2 aliphatic rings. The smallest absolute Gasteiger partial charge is 0.239 e. The van der Waals surface area contributed by atoms with E-state index in [9.17, 15) is 4.79 Å². The van der Waals surface area contributed by atoms with Gasteiger partial charge in [-0.1, -0.05) is 84.0 Å². The number of carbonyl (C=O) groups excluding carboxylic acids is 1. The normalized spacial score (nSPS) is 17.2. The van der Waals surface area contributed by atoms with E-state index in [4.69, 9.17) is 21.7 Å². The highest BCUT2D eigenvalue weighted by Crippen LogP contribution is 2.48. The Kier molecular flexibility index (Phi) is 4.63. The summed E-state index contributed by atoms with van der Waals surface area (Å²) in [4.78, 5) is 19.7. The van der Waals surface area contributed by atoms with Gasteiger partial charge in [0.05, 0.1) is 23.0 Å². The number of thioether (sulfide) groups is 1. The molecule has 1 fully saturated rings. The summed E-state index contributed by atoms with van der Waals surface area (Å²) in [6.07, 6.45) is 0. The number of benzene rings is 3. The molecular formula is C25H17ClN4OS. The molecule has 0 N–H and O–H groups in total. The van der Waals surface area contributed by atoms with Crippen molar-refractivity contribution in [1.29, 1.82) is 0 Å². The van der Waals surface area contributed by atoms with Crippen LogP contribution in [0.1, 0.15) is 17.2 Å². The fraction of sp³-hybridized carbons (Fsp3) is 0.0800. The Balaban J connectivity index is 1.67. The van der Waals surface area contributed by atoms with E-state index in [1.54, 1.807) is 4.90 Å². The van der Waals surface area contributed by atoms with E-state index in [1.165, 1.54) is 11.8 Å². The van der Waals surface area contributed by atoms with Crippen LogP contribution in [0.2, 0.25) is 5.02 Å². The molecule has 0 saturated carbocycles. The maximum Gasteiger partial charge on any atom is 0.239 e. The number of nitrogens with zero attached hydrogens (tertiary/aromatic N) is 4. The molecule has 32 heavy (non-hydrogen) atoms. The van der Waals surface area contributed by atoms with Crippen molar-refractivity contribution in [3.05, 3.63) is 101 Å². The van der Waals surface area contributed by atoms with Crippen LogP contribution < -0.4 is 0 Å². The van der Waals surface area contributed by atoms with Gasteiger partial charge in [-0.05, 0) is 29.8 Å². The Morgan fingerprint density at radius 3 is 2.31 bits per heavy atom. The zero-order chi connectivity index (χ0) is 21.7. The molecule has 1 amide bonds. The first-order chi connectivity index (χ1) is 15.7. The number of amidine groups is 1. The van der Waals surface area contributed by atoms with Crippen LogP contribution in [0.3, 0.4) is 0 Å². The van der Waals surface area contributed by atoms with E-state index in [0.717, 1.165) is 33.9 Å². The van der Waals surface area contributed by atoms with Crippen molar-refractivity contribution < 1.29 is 4.79 Å². The van der Waals surface area contributed by atoms with Gasteiger partial charge in [-0.2, -0.15) is 5.10 Å². The monoisotopic (exact) mass is 456 g/mol. The lowest BCUT2D eigenvalue weighted by molar-refractivity contribution is -0.125. The van der Waals surface area contributed by atoms with Crippen molar-refractivity contribution >= 4 is 40.3 Å². The molecule has 0 aliphatic carbocycles. The Hall–Kier alpha value is -3.35. The second-order valence-corrected chi connectivity index (χ2v) is 8.98. The molecule has 0 bridgehead atoms. The lowest BCUT2D eigenvalue weighted by Gasteiger charge is -2.31. The van der Waals surface area contributed by atoms with E-state index in [0.29, 0.717) is 15.9 Å². The molecule has 3 aromatic carbocycles. The zero-order valence-electron chi connectivity index (χ0n) is 16.9. The summed E-state index contributed by atoms with van der Waals surface area (Å²) in [6.45, 7) is 0. The van der Waals surface area contributed by atoms with Crippen molar-refractivity contribution in [2.75, 3.05) is 5.75 Å². The van der Waals surface area contributed by atoms with Gasteiger partial charge in [-0.3, -0.25) is 9.69 Å². The number of carbonyl (C=O) groups is 1. The zero-order valence-corrected chi connectivity index (χ0v) is 18.4. The van der Waals surface area contributed by atoms with Crippen LogP contribution in [0.25, 0.3) is 16.9 Å². The number of aliphatic imine (C=N–C) groups is 1. The van der Waals surface area contributed by atoms with Crippen molar-refractivity contribution in [2.24, 2.45) is 4.99 Å². The van der Waals surface area contributed by atoms with Crippen LogP contribution in [0.15, 0.2) is 89.9 Å². The van der Waals surface area contributed by atoms with E-state index in [1.807, 2.05) is 89.6 Å². The van der Waals surface area contributed by atoms with Crippen molar-refractivity contribution in [1.82, 2.24) is 14.7 Å². The number of halogens is 1. The Morgan fingerprint density at radius 2 is 1.59 bits per heavy atom. The van der Waals surface area contributed by atoms with Gasteiger partial charge in [-0.15, -0.1) is 0 Å². The quantitative estimate of drug-likeness (QED) is 0.388. The van der Waals surface area contributed by atoms with Crippen LogP contribution in [-0.2, 0) is 4.79 Å². The van der Waals surface area contributed by atoms with Gasteiger partial charge in [0, 0.05) is 10.6 Å². The molecule has 0 spiro atoms. The van der Waals surface area contributed by atoms with Gasteiger partial charge < -0.3 is 0 Å². The number of aromatic nitrogens is 2. The van der Waals surface area contributed by atoms with Crippen molar-refractivity contribution in [3.63, 3.8) is 0 Å². The van der Waals surface area contributed by atoms with Crippen LogP contribution in [0.4, 0.5) is 5.82 Å². The molecule has 156 valence electrons. The maximum atomic E-state index is 13.0. The fourth-order valence-corrected chi connectivity index (χ4v) is 5.25. The van der Waals surface area contributed by atoms with Gasteiger partial charge in [0.1, 0.15) is 5.69 Å². The van der Waals surface area contributed by atoms with E-state index in [2.05, 4.69) is 0 Å². The van der Waals surface area contributed by atoms with Crippen LogP contribution in [-0.4, -0.2) is 31.5 Å². The van der Waals surface area contributed by atoms with Gasteiger partial charge in [0.25, 0.3) is 0 Å². The molecule has 5 nitrogen and oxygen atoms in total. The summed E-state index contributed by atoms with van der Waals surface area (Å²) in [7, 11) is 0. The number of rotatable bonds is 3. The molecule has 0 radical (unpaired) electrons. The predicted molar refractivity (Wildman–Crippen MR) is 129 cm³/mol. The highest BCUT2D eigenvalue weighted by atomic mass is 35.5. The second-order valence-electron chi connectivity index (χ2n) is 7.60. The number of hydrogen-bond acceptors (Lipinski definition) is 4. The van der Waals surface area contributed by atoms with E-state index < -0.39 is 0 Å². The highest BCUT2D eigenvalue weighted by Gasteiger charge is 2.43. The number of fused-ring (bicyclic) bond motifs is 2. The Labute approximate surface area is 194 Å². The van der Waals surface area contributed by atoms with E-state index in [-0.39, 0.29) is 11.9 Å². The van der Waals surface area contributed by atoms with Crippen molar-refractivity contribution in [2.45, 2.75) is 6.04 Å². The van der Waals surface area contributed by atoms with Gasteiger partial charge >= 0.3 is 0 Å². The minimum absolute atomic E-state index is 0.0471. The Morgan fingerprint density at radius 1 is 0.906 bits per heavy atom. The number of para-hydroxylation sites is 1. The third kappa shape index (κ3) is 3.06. The summed E-state index contributed by atoms with van der Waals surface area (Å²) >= 11 is 7.64. The molecule has 1 unspecified atom stereocenters. The number of amides is 1. The summed E-state index contributed by atoms with van der Waals surface area (Å²) in [5.74, 6) is 1.18. The highest BCUT2D eigenvalue weighted by molar-refractivity contribution is 8.15. The molecule has 1 atom stereocenters. The average Bonchev–Trinajstić information content (AvgIpc) is 3.40. The second kappa shape index (κ2) is 7.65. The first-order valence-corrected chi connectivity index (χ1v) is 11.6. The third-order valence-corrected chi connectivity index (χ3v) is 6.85. The molecule has 1 aromatic heterocycles. The first kappa shape index (κ1) is 19.3. The summed E-state index contributed by atoms with van der Waals surface area (Å²) in [5.41, 5.74) is 4.62. The molecule has 2 aliphatic heterocycles. The third-order valence-electron chi connectivity index (χ3n) is 5.66. The predicted octanol–water partition coefficient (Wildman–Crippen LogP) is 5.86. The number of hydrogen-bond donors (Lipinski definition) is 0. The molecule has 7 heteroatoms. The van der Waals surface area contributed by atoms with Gasteiger partial charge in [0.15, 0.2) is 11.0 Å². The molecular weight excluding hydrogens is 440 g/mol. The lowest BCUT2D eigenvalue weighted by Crippen LogP contribution is -2.36. The molecule has 4 aromatic rings. The standard InChI is InChI=1S/C25H17ClN4OS/c26-18-13-11-17(12-14-18)23-21-22(16-7-3-1-4-8-16)28-30(19-9-5-2-6-10-19)24(21)27-25-29(23)20(31)15-32-25/h1-14,23H,15H2. The van der Waals surface area contributed by atoms with E-state index >= 15 is 0 Å². The lowest BCUT2D eigenvalue weighted by atomic mass is 9.93. The van der Waals surface area contributed by atoms with Crippen LogP contribution in [0.5, 0.6) is 0 Å². The van der Waals surface area contributed by atoms with Gasteiger partial charge in [-0.25, -0.2) is 9.67 Å². The molecule has 6 rings (SSSR count). The molecule has 1 saturated heterocycles. The Bertz CT molecular complexity index is 1350. The minimum Gasteiger partial charge on any atom is -0.278 e. The average molecular weight is 457 g/mol. The maximum absolute atomic E-state index is 13.0. The van der Waals surface area contributed by atoms with Crippen molar-refractivity contribution in [3.8, 4) is 16.9 Å². The first-order valence-electron chi connectivity index (χ1n) is 10.2. The van der Waals surface area contributed by atoms with Crippen LogP contribution in [0, 0.1) is 0 Å². The fourth-order valence-electron chi connectivity index (χ4n) is 4.23. The summed E-state index contributed by atoms with van der Waals surface area (Å²) in [6, 6.07) is 27.4. The summed E-state index contributed by atoms with van der Waals surface area (Å²) < 4.78 is 1.88. The SMILES string of the molecule is O=C1CSC2=Nc3c(c(-c4ccccc4)nn3-c3ccccc3)C(c3ccc(Cl)cc3)N12. The minimum atomic E-state index is -0.329. The largest absolute Gasteiger partial charge is 0.278 e.